The molecular weight excluding hydrogens is 227 g/mol. The molecule has 2 rings (SSSR count). The topological polar surface area (TPSA) is 24.9 Å². The second kappa shape index (κ2) is 5.79. The molecule has 0 spiro atoms. The van der Waals surface area contributed by atoms with E-state index in [1.54, 1.807) is 6.20 Å². The first-order chi connectivity index (χ1) is 8.73. The van der Waals surface area contributed by atoms with Gasteiger partial charge in [0.25, 0.3) is 0 Å². The van der Waals surface area contributed by atoms with Gasteiger partial charge in [-0.2, -0.15) is 0 Å². The number of aromatic nitrogens is 1. The van der Waals surface area contributed by atoms with E-state index in [4.69, 9.17) is 0 Å². The van der Waals surface area contributed by atoms with Gasteiger partial charge in [-0.05, 0) is 37.3 Å². The summed E-state index contributed by atoms with van der Waals surface area (Å²) in [7, 11) is 0. The maximum Gasteiger partial charge on any atom is 0.146 e. The van der Waals surface area contributed by atoms with Crippen LogP contribution in [0.15, 0.2) is 18.5 Å². The molecule has 1 saturated carbocycles. The highest BCUT2D eigenvalue weighted by Crippen LogP contribution is 2.50. The van der Waals surface area contributed by atoms with Crippen LogP contribution < -0.4 is 5.32 Å². The third-order valence-corrected chi connectivity index (χ3v) is 4.44. The lowest BCUT2D eigenvalue weighted by Crippen LogP contribution is -2.36. The third-order valence-electron chi connectivity index (χ3n) is 4.44. The molecule has 0 radical (unpaired) electrons. The van der Waals surface area contributed by atoms with Gasteiger partial charge in [0.1, 0.15) is 5.82 Å². The van der Waals surface area contributed by atoms with E-state index < -0.39 is 0 Å². The summed E-state index contributed by atoms with van der Waals surface area (Å²) in [6.45, 7) is 5.19. The SMILES string of the molecule is CCNC(c1ccncc1F)C1(CC)CCCC1. The van der Waals surface area contributed by atoms with Crippen molar-refractivity contribution in [1.82, 2.24) is 10.3 Å². The van der Waals surface area contributed by atoms with E-state index in [9.17, 15) is 4.39 Å². The Bertz CT molecular complexity index is 386. The minimum absolute atomic E-state index is 0.123. The number of nitrogens with one attached hydrogen (secondary N) is 1. The predicted molar refractivity (Wildman–Crippen MR) is 71.8 cm³/mol. The van der Waals surface area contributed by atoms with Crippen molar-refractivity contribution in [1.29, 1.82) is 0 Å². The van der Waals surface area contributed by atoms with E-state index in [0.29, 0.717) is 0 Å². The van der Waals surface area contributed by atoms with Crippen LogP contribution in [-0.4, -0.2) is 11.5 Å². The van der Waals surface area contributed by atoms with Gasteiger partial charge in [0.2, 0.25) is 0 Å². The van der Waals surface area contributed by atoms with Gasteiger partial charge in [-0.1, -0.05) is 26.7 Å². The molecule has 0 aromatic carbocycles. The van der Waals surface area contributed by atoms with Crippen LogP contribution in [0.4, 0.5) is 4.39 Å². The Balaban J connectivity index is 2.36. The molecular formula is C15H23FN2. The molecule has 0 saturated heterocycles. The summed E-state index contributed by atoms with van der Waals surface area (Å²) in [6, 6.07) is 1.95. The number of nitrogens with zero attached hydrogens (tertiary/aromatic N) is 1. The molecule has 2 nitrogen and oxygen atoms in total. The maximum atomic E-state index is 14.0. The zero-order valence-electron chi connectivity index (χ0n) is 11.4. The monoisotopic (exact) mass is 250 g/mol. The summed E-state index contributed by atoms with van der Waals surface area (Å²) in [5, 5.41) is 3.51. The molecule has 1 N–H and O–H groups in total. The molecule has 1 aromatic heterocycles. The van der Waals surface area contributed by atoms with E-state index in [2.05, 4.69) is 24.1 Å². The molecule has 1 aliphatic rings. The first kappa shape index (κ1) is 13.5. The van der Waals surface area contributed by atoms with Gasteiger partial charge in [0, 0.05) is 17.8 Å². The largest absolute Gasteiger partial charge is 0.310 e. The molecule has 1 fully saturated rings. The highest BCUT2D eigenvalue weighted by atomic mass is 19.1. The molecule has 3 heteroatoms. The van der Waals surface area contributed by atoms with Gasteiger partial charge in [-0.25, -0.2) is 4.39 Å². The predicted octanol–water partition coefficient (Wildman–Crippen LogP) is 3.84. The molecule has 1 heterocycles. The van der Waals surface area contributed by atoms with E-state index in [1.807, 2.05) is 6.07 Å². The van der Waals surface area contributed by atoms with Crippen LogP contribution in [0.2, 0.25) is 0 Å². The van der Waals surface area contributed by atoms with Crippen LogP contribution in [0.25, 0.3) is 0 Å². The first-order valence-corrected chi connectivity index (χ1v) is 7.06. The summed E-state index contributed by atoms with van der Waals surface area (Å²) in [4.78, 5) is 3.86. The molecule has 1 aliphatic carbocycles. The Morgan fingerprint density at radius 3 is 2.67 bits per heavy atom. The van der Waals surface area contributed by atoms with Crippen LogP contribution in [-0.2, 0) is 0 Å². The number of pyridine rings is 1. The van der Waals surface area contributed by atoms with Crippen molar-refractivity contribution < 1.29 is 4.39 Å². The number of rotatable bonds is 5. The van der Waals surface area contributed by atoms with Crippen molar-refractivity contribution in [2.24, 2.45) is 5.41 Å². The van der Waals surface area contributed by atoms with Crippen LogP contribution in [0.3, 0.4) is 0 Å². The molecule has 1 atom stereocenters. The summed E-state index contributed by atoms with van der Waals surface area (Å²) in [6.07, 6.45) is 9.06. The van der Waals surface area contributed by atoms with Gasteiger partial charge in [0.15, 0.2) is 0 Å². The number of halogens is 1. The Morgan fingerprint density at radius 2 is 2.11 bits per heavy atom. The first-order valence-electron chi connectivity index (χ1n) is 7.06. The molecule has 0 aliphatic heterocycles. The van der Waals surface area contributed by atoms with Crippen molar-refractivity contribution in [2.45, 2.75) is 52.0 Å². The van der Waals surface area contributed by atoms with Crippen molar-refractivity contribution in [2.75, 3.05) is 6.54 Å². The van der Waals surface area contributed by atoms with Crippen LogP contribution >= 0.6 is 0 Å². The maximum absolute atomic E-state index is 14.0. The highest BCUT2D eigenvalue weighted by molar-refractivity contribution is 5.21. The highest BCUT2D eigenvalue weighted by Gasteiger charge is 2.41. The molecule has 1 aromatic rings. The van der Waals surface area contributed by atoms with E-state index in [0.717, 1.165) is 18.5 Å². The lowest BCUT2D eigenvalue weighted by molar-refractivity contribution is 0.185. The lowest BCUT2D eigenvalue weighted by Gasteiger charge is -2.38. The Kier molecular flexibility index (Phi) is 4.33. The molecule has 1 unspecified atom stereocenters. The van der Waals surface area contributed by atoms with E-state index >= 15 is 0 Å². The van der Waals surface area contributed by atoms with Crippen molar-refractivity contribution in [3.8, 4) is 0 Å². The molecule has 100 valence electrons. The second-order valence-corrected chi connectivity index (χ2v) is 5.31. The zero-order chi connectivity index (χ0) is 13.0. The van der Waals surface area contributed by atoms with Crippen molar-refractivity contribution >= 4 is 0 Å². The van der Waals surface area contributed by atoms with Gasteiger partial charge in [0.05, 0.1) is 6.20 Å². The average molecular weight is 250 g/mol. The van der Waals surface area contributed by atoms with Gasteiger partial charge >= 0.3 is 0 Å². The minimum Gasteiger partial charge on any atom is -0.310 e. The third kappa shape index (κ3) is 2.41. The lowest BCUT2D eigenvalue weighted by atomic mass is 9.73. The van der Waals surface area contributed by atoms with Crippen LogP contribution in [0.5, 0.6) is 0 Å². The van der Waals surface area contributed by atoms with Crippen LogP contribution in [0.1, 0.15) is 57.6 Å². The summed E-state index contributed by atoms with van der Waals surface area (Å²) < 4.78 is 14.0. The number of hydrogen-bond donors (Lipinski definition) is 1. The minimum atomic E-state index is -0.178. The summed E-state index contributed by atoms with van der Waals surface area (Å²) in [5.41, 5.74) is 1.01. The average Bonchev–Trinajstić information content (AvgIpc) is 2.87. The Morgan fingerprint density at radius 1 is 1.39 bits per heavy atom. The van der Waals surface area contributed by atoms with Crippen LogP contribution in [0, 0.1) is 11.2 Å². The van der Waals surface area contributed by atoms with Gasteiger partial charge in [-0.15, -0.1) is 0 Å². The molecule has 18 heavy (non-hydrogen) atoms. The smallest absolute Gasteiger partial charge is 0.146 e. The summed E-state index contributed by atoms with van der Waals surface area (Å²) >= 11 is 0. The fraction of sp³-hybridized carbons (Fsp3) is 0.667. The molecule has 0 bridgehead atoms. The second-order valence-electron chi connectivity index (χ2n) is 5.31. The van der Waals surface area contributed by atoms with Crippen molar-refractivity contribution in [3.63, 3.8) is 0 Å². The quantitative estimate of drug-likeness (QED) is 0.858. The zero-order valence-corrected chi connectivity index (χ0v) is 11.4. The fourth-order valence-electron chi connectivity index (χ4n) is 3.41. The van der Waals surface area contributed by atoms with E-state index in [1.165, 1.54) is 31.9 Å². The van der Waals surface area contributed by atoms with Gasteiger partial charge in [-0.3, -0.25) is 4.98 Å². The van der Waals surface area contributed by atoms with Crippen molar-refractivity contribution in [3.05, 3.63) is 29.8 Å². The fourth-order valence-corrected chi connectivity index (χ4v) is 3.41. The normalized spacial score (nSPS) is 19.9. The summed E-state index contributed by atoms with van der Waals surface area (Å²) in [5.74, 6) is -0.178. The molecule has 0 amide bonds. The van der Waals surface area contributed by atoms with Gasteiger partial charge < -0.3 is 5.32 Å². The van der Waals surface area contributed by atoms with E-state index in [-0.39, 0.29) is 17.3 Å². The number of hydrogen-bond acceptors (Lipinski definition) is 2. The Hall–Kier alpha value is -0.960. The Labute approximate surface area is 109 Å². The standard InChI is InChI=1S/C15H23FN2/c1-3-15(8-5-6-9-15)14(18-4-2)12-7-10-17-11-13(12)16/h7,10-11,14,18H,3-6,8-9H2,1-2H3.